The molecule has 2 aromatic heterocycles. The number of hydrogen-bond acceptors (Lipinski definition) is 4. The molecule has 0 saturated carbocycles. The van der Waals surface area contributed by atoms with E-state index in [1.807, 2.05) is 45.9 Å². The number of aromatic amines is 2. The van der Waals surface area contributed by atoms with Crippen molar-refractivity contribution in [3.8, 4) is 0 Å². The normalized spacial score (nSPS) is 14.9. The van der Waals surface area contributed by atoms with Crippen molar-refractivity contribution in [2.75, 3.05) is 13.1 Å². The van der Waals surface area contributed by atoms with Gasteiger partial charge in [0.05, 0.1) is 21.9 Å². The Morgan fingerprint density at radius 1 is 0.969 bits per heavy atom. The van der Waals surface area contributed by atoms with Crippen LogP contribution in [0, 0.1) is 4.77 Å². The van der Waals surface area contributed by atoms with Crippen molar-refractivity contribution in [2.45, 2.75) is 31.8 Å². The van der Waals surface area contributed by atoms with Crippen LogP contribution in [-0.2, 0) is 11.3 Å². The van der Waals surface area contributed by atoms with Gasteiger partial charge in [-0.1, -0.05) is 24.3 Å². The molecule has 1 saturated heterocycles. The molecule has 1 amide bonds. The molecule has 8 nitrogen and oxygen atoms in total. The zero-order valence-corrected chi connectivity index (χ0v) is 18.2. The molecule has 0 aliphatic carbocycles. The first-order valence-corrected chi connectivity index (χ1v) is 11.1. The van der Waals surface area contributed by atoms with Crippen LogP contribution in [0.1, 0.15) is 25.3 Å². The average molecular weight is 450 g/mol. The van der Waals surface area contributed by atoms with Gasteiger partial charge >= 0.3 is 5.69 Å². The van der Waals surface area contributed by atoms with Crippen LogP contribution in [0.5, 0.6) is 0 Å². The second-order valence-electron chi connectivity index (χ2n) is 8.11. The maximum atomic E-state index is 12.8. The van der Waals surface area contributed by atoms with Crippen LogP contribution in [-0.4, -0.2) is 43.0 Å². The fraction of sp³-hybridized carbons (Fsp3) is 0.304. The number of aromatic nitrogens is 4. The van der Waals surface area contributed by atoms with E-state index in [4.69, 9.17) is 12.2 Å². The van der Waals surface area contributed by atoms with E-state index in [-0.39, 0.29) is 36.2 Å². The highest BCUT2D eigenvalue weighted by Crippen LogP contribution is 2.25. The fourth-order valence-electron chi connectivity index (χ4n) is 4.58. The van der Waals surface area contributed by atoms with Crippen LogP contribution in [0.25, 0.3) is 21.9 Å². The van der Waals surface area contributed by atoms with Crippen LogP contribution in [0.3, 0.4) is 0 Å². The Morgan fingerprint density at radius 3 is 2.44 bits per heavy atom. The summed E-state index contributed by atoms with van der Waals surface area (Å²) in [5.41, 5.74) is 2.12. The standard InChI is InChI=1S/C23H23N5O3S/c29-20(11-14-27-21(30)16-5-1-2-6-17(16)25-23(27)32)26-12-9-15(10-13-26)28-19-8-4-3-7-18(19)24-22(28)31/h1-8,15H,9-14H2,(H,24,31)(H,25,32). The van der Waals surface area contributed by atoms with E-state index >= 15 is 0 Å². The average Bonchev–Trinajstić information content (AvgIpc) is 3.14. The van der Waals surface area contributed by atoms with E-state index < -0.39 is 0 Å². The summed E-state index contributed by atoms with van der Waals surface area (Å²) >= 11 is 5.33. The molecular weight excluding hydrogens is 426 g/mol. The molecule has 9 heteroatoms. The van der Waals surface area contributed by atoms with Crippen LogP contribution in [0.2, 0.25) is 0 Å². The lowest BCUT2D eigenvalue weighted by Crippen LogP contribution is -2.41. The number of imidazole rings is 1. The Kier molecular flexibility index (Phi) is 5.26. The SMILES string of the molecule is O=C(CCn1c(=S)[nH]c2ccccc2c1=O)N1CCC(n2c(=O)[nH]c3ccccc32)CC1. The Morgan fingerprint density at radius 2 is 1.66 bits per heavy atom. The Hall–Kier alpha value is -3.46. The highest BCUT2D eigenvalue weighted by atomic mass is 32.1. The molecule has 0 unspecified atom stereocenters. The second kappa shape index (κ2) is 8.23. The molecule has 4 aromatic rings. The van der Waals surface area contributed by atoms with Crippen molar-refractivity contribution in [2.24, 2.45) is 0 Å². The predicted molar refractivity (Wildman–Crippen MR) is 125 cm³/mol. The smallest absolute Gasteiger partial charge is 0.326 e. The van der Waals surface area contributed by atoms with Gasteiger partial charge in [0.2, 0.25) is 5.91 Å². The number of benzene rings is 2. The molecule has 1 aliphatic heterocycles. The van der Waals surface area contributed by atoms with Crippen molar-refractivity contribution in [3.05, 3.63) is 74.1 Å². The van der Waals surface area contributed by atoms with Gasteiger partial charge < -0.3 is 14.9 Å². The lowest BCUT2D eigenvalue weighted by atomic mass is 10.0. The molecule has 1 fully saturated rings. The zero-order valence-electron chi connectivity index (χ0n) is 17.4. The maximum absolute atomic E-state index is 12.8. The molecule has 0 radical (unpaired) electrons. The molecule has 164 valence electrons. The molecule has 0 spiro atoms. The number of para-hydroxylation sites is 3. The molecular formula is C23H23N5O3S. The summed E-state index contributed by atoms with van der Waals surface area (Å²) in [4.78, 5) is 45.8. The van der Waals surface area contributed by atoms with E-state index in [1.54, 1.807) is 12.1 Å². The predicted octanol–water partition coefficient (Wildman–Crippen LogP) is 2.96. The first-order chi connectivity index (χ1) is 15.5. The monoisotopic (exact) mass is 449 g/mol. The number of rotatable bonds is 4. The number of nitrogens with one attached hydrogen (secondary N) is 2. The third kappa shape index (κ3) is 3.58. The van der Waals surface area contributed by atoms with Crippen molar-refractivity contribution in [1.82, 2.24) is 24.0 Å². The number of hydrogen-bond donors (Lipinski definition) is 2. The Bertz CT molecular complexity index is 1490. The molecule has 32 heavy (non-hydrogen) atoms. The molecule has 0 bridgehead atoms. The number of fused-ring (bicyclic) bond motifs is 2. The van der Waals surface area contributed by atoms with Gasteiger partial charge in [0.15, 0.2) is 4.77 Å². The third-order valence-electron chi connectivity index (χ3n) is 6.24. The van der Waals surface area contributed by atoms with Gasteiger partial charge in [-0.2, -0.15) is 0 Å². The topological polar surface area (TPSA) is 95.9 Å². The Labute approximate surface area is 188 Å². The van der Waals surface area contributed by atoms with Gasteiger partial charge in [-0.15, -0.1) is 0 Å². The number of piperidine rings is 1. The first-order valence-electron chi connectivity index (χ1n) is 10.7. The summed E-state index contributed by atoms with van der Waals surface area (Å²) in [6.07, 6.45) is 1.63. The summed E-state index contributed by atoms with van der Waals surface area (Å²) in [5.74, 6) is -0.0100. The van der Waals surface area contributed by atoms with Gasteiger partial charge in [-0.25, -0.2) is 4.79 Å². The number of likely N-dealkylation sites (tertiary alicyclic amines) is 1. The van der Waals surface area contributed by atoms with E-state index in [2.05, 4.69) is 9.97 Å². The summed E-state index contributed by atoms with van der Waals surface area (Å²) in [5, 5.41) is 0.554. The van der Waals surface area contributed by atoms with Crippen LogP contribution in [0.15, 0.2) is 58.1 Å². The fourth-order valence-corrected chi connectivity index (χ4v) is 4.86. The number of amides is 1. The lowest BCUT2D eigenvalue weighted by molar-refractivity contribution is -0.132. The maximum Gasteiger partial charge on any atom is 0.326 e. The molecule has 0 atom stereocenters. The first kappa shape index (κ1) is 20.4. The van der Waals surface area contributed by atoms with E-state index in [0.717, 1.165) is 11.0 Å². The largest absolute Gasteiger partial charge is 0.342 e. The highest BCUT2D eigenvalue weighted by molar-refractivity contribution is 7.71. The van der Waals surface area contributed by atoms with Gasteiger partial charge in [-0.3, -0.25) is 18.7 Å². The van der Waals surface area contributed by atoms with Crippen molar-refractivity contribution in [1.29, 1.82) is 0 Å². The van der Waals surface area contributed by atoms with Crippen LogP contribution >= 0.6 is 12.2 Å². The minimum absolute atomic E-state index is 0.0100. The minimum atomic E-state index is -0.186. The van der Waals surface area contributed by atoms with Gasteiger partial charge in [0, 0.05) is 32.1 Å². The van der Waals surface area contributed by atoms with E-state index in [0.29, 0.717) is 41.6 Å². The van der Waals surface area contributed by atoms with Gasteiger partial charge in [-0.05, 0) is 49.3 Å². The number of H-pyrrole nitrogens is 2. The summed E-state index contributed by atoms with van der Waals surface area (Å²) in [7, 11) is 0. The highest BCUT2D eigenvalue weighted by Gasteiger charge is 2.26. The quantitative estimate of drug-likeness (QED) is 0.468. The lowest BCUT2D eigenvalue weighted by Gasteiger charge is -2.32. The van der Waals surface area contributed by atoms with E-state index in [1.165, 1.54) is 4.57 Å². The molecule has 2 N–H and O–H groups in total. The Balaban J connectivity index is 1.26. The molecule has 2 aromatic carbocycles. The zero-order chi connectivity index (χ0) is 22.2. The van der Waals surface area contributed by atoms with Crippen molar-refractivity contribution < 1.29 is 4.79 Å². The van der Waals surface area contributed by atoms with Crippen LogP contribution in [0.4, 0.5) is 0 Å². The summed E-state index contributed by atoms with van der Waals surface area (Å²) in [6.45, 7) is 1.39. The van der Waals surface area contributed by atoms with E-state index in [9.17, 15) is 14.4 Å². The number of carbonyl (C=O) groups excluding carboxylic acids is 1. The second-order valence-corrected chi connectivity index (χ2v) is 8.50. The van der Waals surface area contributed by atoms with Crippen molar-refractivity contribution in [3.63, 3.8) is 0 Å². The minimum Gasteiger partial charge on any atom is -0.342 e. The van der Waals surface area contributed by atoms with Crippen molar-refractivity contribution >= 4 is 40.1 Å². The molecule has 5 rings (SSSR count). The molecule has 3 heterocycles. The van der Waals surface area contributed by atoms with Gasteiger partial charge in [0.1, 0.15) is 0 Å². The van der Waals surface area contributed by atoms with Gasteiger partial charge in [0.25, 0.3) is 5.56 Å². The summed E-state index contributed by atoms with van der Waals surface area (Å²) < 4.78 is 3.58. The van der Waals surface area contributed by atoms with Crippen LogP contribution < -0.4 is 11.2 Å². The number of nitrogens with zero attached hydrogens (tertiary/aromatic N) is 3. The third-order valence-corrected chi connectivity index (χ3v) is 6.57. The summed E-state index contributed by atoms with van der Waals surface area (Å²) in [6, 6.07) is 14.9. The number of carbonyl (C=O) groups is 1. The molecule has 1 aliphatic rings.